The summed E-state index contributed by atoms with van der Waals surface area (Å²) in [5.41, 5.74) is 6.51. The van der Waals surface area contributed by atoms with Crippen molar-refractivity contribution in [1.29, 1.82) is 0 Å². The van der Waals surface area contributed by atoms with Crippen LogP contribution in [0.15, 0.2) is 28.7 Å². The molecule has 0 radical (unpaired) electrons. The molecule has 0 bridgehead atoms. The number of ether oxygens (including phenoxy) is 1. The Morgan fingerprint density at radius 3 is 2.75 bits per heavy atom. The maximum atomic E-state index is 11.8. The summed E-state index contributed by atoms with van der Waals surface area (Å²) in [7, 11) is 0. The lowest BCUT2D eigenvalue weighted by Gasteiger charge is -2.34. The van der Waals surface area contributed by atoms with Crippen molar-refractivity contribution in [3.63, 3.8) is 0 Å². The third-order valence-electron chi connectivity index (χ3n) is 2.55. The van der Waals surface area contributed by atoms with Crippen molar-refractivity contribution in [2.75, 3.05) is 24.7 Å². The van der Waals surface area contributed by atoms with Gasteiger partial charge in [-0.2, -0.15) is 0 Å². The molecule has 1 saturated heterocycles. The first kappa shape index (κ1) is 11.6. The molecule has 0 aromatic heterocycles. The minimum atomic E-state index is -0.0672. The van der Waals surface area contributed by atoms with Gasteiger partial charge >= 0.3 is 0 Å². The highest BCUT2D eigenvalue weighted by Gasteiger charge is 2.28. The van der Waals surface area contributed by atoms with Crippen LogP contribution in [0.25, 0.3) is 0 Å². The van der Waals surface area contributed by atoms with Crippen LogP contribution in [-0.4, -0.2) is 31.7 Å². The summed E-state index contributed by atoms with van der Waals surface area (Å²) in [6, 6.07) is 7.55. The van der Waals surface area contributed by atoms with Crippen molar-refractivity contribution in [3.8, 4) is 0 Å². The van der Waals surface area contributed by atoms with Crippen molar-refractivity contribution in [3.05, 3.63) is 28.7 Å². The van der Waals surface area contributed by atoms with Crippen LogP contribution in [-0.2, 0) is 9.53 Å². The number of nitrogens with two attached hydrogens (primary N) is 1. The van der Waals surface area contributed by atoms with E-state index in [1.165, 1.54) is 0 Å². The van der Waals surface area contributed by atoms with E-state index >= 15 is 0 Å². The van der Waals surface area contributed by atoms with Crippen molar-refractivity contribution < 1.29 is 9.53 Å². The molecule has 4 nitrogen and oxygen atoms in total. The zero-order chi connectivity index (χ0) is 11.5. The van der Waals surface area contributed by atoms with Gasteiger partial charge in [0.1, 0.15) is 6.61 Å². The van der Waals surface area contributed by atoms with E-state index in [1.54, 1.807) is 4.90 Å². The number of morpholine rings is 1. The summed E-state index contributed by atoms with van der Waals surface area (Å²) in [6.45, 7) is 1.03. The zero-order valence-corrected chi connectivity index (χ0v) is 10.3. The van der Waals surface area contributed by atoms with Crippen LogP contribution < -0.4 is 10.6 Å². The molecule has 0 spiro atoms. The Morgan fingerprint density at radius 1 is 1.44 bits per heavy atom. The first-order valence-electron chi connectivity index (χ1n) is 5.08. The zero-order valence-electron chi connectivity index (χ0n) is 8.73. The molecule has 1 aromatic carbocycles. The predicted octanol–water partition coefficient (Wildman–Crippen LogP) is 1.14. The Labute approximate surface area is 102 Å². The van der Waals surface area contributed by atoms with E-state index in [-0.39, 0.29) is 18.6 Å². The third-order valence-corrected chi connectivity index (χ3v) is 3.08. The Hall–Kier alpha value is -0.910. The lowest BCUT2D eigenvalue weighted by molar-refractivity contribution is -0.127. The van der Waals surface area contributed by atoms with E-state index in [9.17, 15) is 4.79 Å². The standard InChI is InChI=1S/C11H13BrN2O2/c12-8-1-3-9(4-2-8)14-10(5-13)6-16-7-11(14)15/h1-4,10H,5-7,13H2. The van der Waals surface area contributed by atoms with Crippen LogP contribution in [0.4, 0.5) is 5.69 Å². The van der Waals surface area contributed by atoms with Crippen LogP contribution in [0.1, 0.15) is 0 Å². The maximum absolute atomic E-state index is 11.8. The van der Waals surface area contributed by atoms with E-state index in [0.29, 0.717) is 13.2 Å². The number of amides is 1. The number of halogens is 1. The number of hydrogen-bond donors (Lipinski definition) is 1. The second-order valence-electron chi connectivity index (χ2n) is 3.64. The highest BCUT2D eigenvalue weighted by molar-refractivity contribution is 9.10. The second kappa shape index (κ2) is 4.95. The molecule has 2 rings (SSSR count). The molecule has 16 heavy (non-hydrogen) atoms. The predicted molar refractivity (Wildman–Crippen MR) is 65.3 cm³/mol. The molecule has 1 unspecified atom stereocenters. The fourth-order valence-electron chi connectivity index (χ4n) is 1.76. The number of benzene rings is 1. The number of nitrogens with zero attached hydrogens (tertiary/aromatic N) is 1. The Balaban J connectivity index is 2.28. The van der Waals surface area contributed by atoms with Crippen molar-refractivity contribution >= 4 is 27.5 Å². The van der Waals surface area contributed by atoms with Crippen LogP contribution in [0.3, 0.4) is 0 Å². The van der Waals surface area contributed by atoms with Gasteiger partial charge in [-0.05, 0) is 24.3 Å². The molecule has 1 fully saturated rings. The van der Waals surface area contributed by atoms with Crippen molar-refractivity contribution in [2.24, 2.45) is 5.73 Å². The number of hydrogen-bond acceptors (Lipinski definition) is 3. The van der Waals surface area contributed by atoms with Crippen LogP contribution in [0, 0.1) is 0 Å². The van der Waals surface area contributed by atoms with Crippen molar-refractivity contribution in [1.82, 2.24) is 0 Å². The first-order chi connectivity index (χ1) is 7.72. The minimum Gasteiger partial charge on any atom is -0.369 e. The van der Waals surface area contributed by atoms with Gasteiger partial charge in [0.15, 0.2) is 0 Å². The van der Waals surface area contributed by atoms with E-state index in [2.05, 4.69) is 15.9 Å². The van der Waals surface area contributed by atoms with Crippen LogP contribution in [0.2, 0.25) is 0 Å². The Bertz CT molecular complexity index is 380. The monoisotopic (exact) mass is 284 g/mol. The SMILES string of the molecule is NCC1COCC(=O)N1c1ccc(Br)cc1. The summed E-state index contributed by atoms with van der Waals surface area (Å²) in [5.74, 6) is -0.0379. The lowest BCUT2D eigenvalue weighted by Crippen LogP contribution is -2.53. The summed E-state index contributed by atoms with van der Waals surface area (Å²) < 4.78 is 6.17. The van der Waals surface area contributed by atoms with Crippen LogP contribution in [0.5, 0.6) is 0 Å². The van der Waals surface area contributed by atoms with E-state index < -0.39 is 0 Å². The molecule has 1 aliphatic rings. The van der Waals surface area contributed by atoms with Crippen molar-refractivity contribution in [2.45, 2.75) is 6.04 Å². The average Bonchev–Trinajstić information content (AvgIpc) is 2.30. The summed E-state index contributed by atoms with van der Waals surface area (Å²) in [5, 5.41) is 0. The number of rotatable bonds is 2. The van der Waals surface area contributed by atoms with E-state index in [0.717, 1.165) is 10.2 Å². The lowest BCUT2D eigenvalue weighted by atomic mass is 10.2. The molecule has 0 aliphatic carbocycles. The third kappa shape index (κ3) is 2.26. The molecule has 1 atom stereocenters. The Kier molecular flexibility index (Phi) is 3.58. The number of carbonyl (C=O) groups excluding carboxylic acids is 1. The van der Waals surface area contributed by atoms with E-state index in [1.807, 2.05) is 24.3 Å². The molecule has 0 saturated carbocycles. The molecular weight excluding hydrogens is 272 g/mol. The highest BCUT2D eigenvalue weighted by atomic mass is 79.9. The minimum absolute atomic E-state index is 0.0379. The van der Waals surface area contributed by atoms with E-state index in [4.69, 9.17) is 10.5 Å². The van der Waals surface area contributed by atoms with Gasteiger partial charge in [-0.15, -0.1) is 0 Å². The van der Waals surface area contributed by atoms with Gasteiger partial charge in [-0.25, -0.2) is 0 Å². The summed E-state index contributed by atoms with van der Waals surface area (Å²) in [6.07, 6.45) is 0. The molecule has 86 valence electrons. The van der Waals surface area contributed by atoms with Gasteiger partial charge in [0.25, 0.3) is 5.91 Å². The number of carbonyl (C=O) groups is 1. The van der Waals surface area contributed by atoms with Gasteiger partial charge in [-0.3, -0.25) is 4.79 Å². The quantitative estimate of drug-likeness (QED) is 0.886. The van der Waals surface area contributed by atoms with Gasteiger partial charge in [0.05, 0.1) is 12.6 Å². The largest absolute Gasteiger partial charge is 0.369 e. The summed E-state index contributed by atoms with van der Waals surface area (Å²) in [4.78, 5) is 13.5. The maximum Gasteiger partial charge on any atom is 0.253 e. The number of anilines is 1. The molecule has 1 aromatic rings. The highest BCUT2D eigenvalue weighted by Crippen LogP contribution is 2.22. The normalized spacial score (nSPS) is 21.2. The topological polar surface area (TPSA) is 55.6 Å². The smallest absolute Gasteiger partial charge is 0.253 e. The fraction of sp³-hybridized carbons (Fsp3) is 0.364. The molecule has 1 aliphatic heterocycles. The first-order valence-corrected chi connectivity index (χ1v) is 5.87. The Morgan fingerprint density at radius 2 is 2.12 bits per heavy atom. The van der Waals surface area contributed by atoms with Gasteiger partial charge in [0, 0.05) is 16.7 Å². The molecule has 5 heteroatoms. The fourth-order valence-corrected chi connectivity index (χ4v) is 2.02. The van der Waals surface area contributed by atoms with Crippen LogP contribution >= 0.6 is 15.9 Å². The molecular formula is C11H13BrN2O2. The average molecular weight is 285 g/mol. The molecule has 2 N–H and O–H groups in total. The molecule has 1 amide bonds. The molecule has 1 heterocycles. The van der Waals surface area contributed by atoms with Gasteiger partial charge < -0.3 is 15.4 Å². The van der Waals surface area contributed by atoms with Gasteiger partial charge in [0.2, 0.25) is 0 Å². The second-order valence-corrected chi connectivity index (χ2v) is 4.56. The van der Waals surface area contributed by atoms with Gasteiger partial charge in [-0.1, -0.05) is 15.9 Å². The summed E-state index contributed by atoms with van der Waals surface area (Å²) >= 11 is 3.36.